The van der Waals surface area contributed by atoms with E-state index in [-0.39, 0.29) is 27.8 Å². The van der Waals surface area contributed by atoms with Gasteiger partial charge in [0.2, 0.25) is 0 Å². The van der Waals surface area contributed by atoms with Crippen LogP contribution in [0.2, 0.25) is 0 Å². The summed E-state index contributed by atoms with van der Waals surface area (Å²) >= 11 is 1.67. The number of carbonyl (C=O) groups is 2. The molecular weight excluding hydrogens is 524 g/mol. The van der Waals surface area contributed by atoms with Gasteiger partial charge in [0, 0.05) is 47.9 Å². The molecule has 0 bridgehead atoms. The zero-order valence-corrected chi connectivity index (χ0v) is 25.9. The molecule has 2 aliphatic rings. The first-order valence-corrected chi connectivity index (χ1v) is 15.7. The highest BCUT2D eigenvalue weighted by molar-refractivity contribution is 7.24. The first-order chi connectivity index (χ1) is 19.6. The summed E-state index contributed by atoms with van der Waals surface area (Å²) in [5.41, 5.74) is 2.86. The molecule has 1 heterocycles. The molecule has 0 saturated heterocycles. The standard InChI is InChI=1S/C24H32O2.C13H8OS/c1-7-23(15(3)4)13-19-20(24(8-2,14-23)16(5)6)22(26)18-12-10-9-11-17(18)21(19)25;14-13-9-5-1-3-7-11(9)15-12-8-4-2-6-10(12)13/h9-12,15-16H,7-8,13-14H2,1-6H3;1-8H. The van der Waals surface area contributed by atoms with Crippen molar-refractivity contribution in [3.05, 3.63) is 105 Å². The number of Topliss-reactive ketones (excluding diaryl/α,β-unsaturated/α-hetero) is 2. The lowest BCUT2D eigenvalue weighted by molar-refractivity contribution is 0.0395. The molecule has 1 aromatic heterocycles. The molecule has 0 spiro atoms. The molecule has 0 saturated carbocycles. The summed E-state index contributed by atoms with van der Waals surface area (Å²) in [4.78, 5) is 39.1. The largest absolute Gasteiger partial charge is 0.289 e. The fourth-order valence-corrected chi connectivity index (χ4v) is 8.34. The van der Waals surface area contributed by atoms with Gasteiger partial charge in [-0.25, -0.2) is 0 Å². The first kappa shape index (κ1) is 29.1. The van der Waals surface area contributed by atoms with Gasteiger partial charge in [0.25, 0.3) is 0 Å². The van der Waals surface area contributed by atoms with E-state index >= 15 is 0 Å². The van der Waals surface area contributed by atoms with Crippen LogP contribution in [0.1, 0.15) is 87.9 Å². The molecule has 3 aromatic carbocycles. The number of hydrogen-bond acceptors (Lipinski definition) is 4. The molecule has 4 aromatic rings. The highest BCUT2D eigenvalue weighted by atomic mass is 32.1. The normalized spacial score (nSPS) is 22.1. The number of hydrogen-bond donors (Lipinski definition) is 0. The average Bonchev–Trinajstić information content (AvgIpc) is 2.99. The molecular formula is C37H40O3S. The van der Waals surface area contributed by atoms with E-state index < -0.39 is 0 Å². The fourth-order valence-electron chi connectivity index (χ4n) is 7.27. The lowest BCUT2D eigenvalue weighted by atomic mass is 9.49. The molecule has 2 aliphatic carbocycles. The maximum absolute atomic E-state index is 13.5. The average molecular weight is 565 g/mol. The van der Waals surface area contributed by atoms with Gasteiger partial charge in [-0.05, 0) is 67.2 Å². The summed E-state index contributed by atoms with van der Waals surface area (Å²) in [6, 6.07) is 22.9. The van der Waals surface area contributed by atoms with Crippen LogP contribution in [-0.2, 0) is 0 Å². The molecule has 41 heavy (non-hydrogen) atoms. The Bertz CT molecular complexity index is 1680. The molecule has 6 rings (SSSR count). The van der Waals surface area contributed by atoms with E-state index in [2.05, 4.69) is 41.5 Å². The number of rotatable bonds is 4. The number of ketones is 2. The molecule has 2 unspecified atom stereocenters. The van der Waals surface area contributed by atoms with Crippen molar-refractivity contribution in [3.63, 3.8) is 0 Å². The van der Waals surface area contributed by atoms with Crippen LogP contribution in [0.5, 0.6) is 0 Å². The maximum Gasteiger partial charge on any atom is 0.195 e. The molecule has 0 N–H and O–H groups in total. The lowest BCUT2D eigenvalue weighted by Gasteiger charge is -2.54. The number of carbonyl (C=O) groups excluding carboxylic acids is 2. The molecule has 0 fully saturated rings. The van der Waals surface area contributed by atoms with E-state index in [4.69, 9.17) is 0 Å². The van der Waals surface area contributed by atoms with Crippen molar-refractivity contribution >= 4 is 43.1 Å². The van der Waals surface area contributed by atoms with Crippen LogP contribution in [0, 0.1) is 22.7 Å². The number of fused-ring (bicyclic) bond motifs is 3. The summed E-state index contributed by atoms with van der Waals surface area (Å²) in [6.45, 7) is 13.4. The Hall–Kier alpha value is -3.37. The van der Waals surface area contributed by atoms with Crippen molar-refractivity contribution in [1.29, 1.82) is 0 Å². The van der Waals surface area contributed by atoms with E-state index in [1.807, 2.05) is 72.8 Å². The van der Waals surface area contributed by atoms with Gasteiger partial charge >= 0.3 is 0 Å². The zero-order chi connectivity index (χ0) is 29.5. The Labute approximate surface area is 247 Å². The van der Waals surface area contributed by atoms with Crippen LogP contribution >= 0.6 is 11.3 Å². The predicted molar refractivity (Wildman–Crippen MR) is 172 cm³/mol. The Balaban J connectivity index is 0.000000189. The van der Waals surface area contributed by atoms with Gasteiger partial charge in [0.05, 0.1) is 0 Å². The van der Waals surface area contributed by atoms with Gasteiger partial charge in [-0.15, -0.1) is 11.3 Å². The van der Waals surface area contributed by atoms with Crippen LogP contribution in [0.4, 0.5) is 0 Å². The second-order valence-electron chi connectivity index (χ2n) is 12.4. The van der Waals surface area contributed by atoms with E-state index in [1.54, 1.807) is 11.3 Å². The third kappa shape index (κ3) is 4.70. The molecule has 212 valence electrons. The monoisotopic (exact) mass is 564 g/mol. The third-order valence-electron chi connectivity index (χ3n) is 10.1. The van der Waals surface area contributed by atoms with Gasteiger partial charge in [0.15, 0.2) is 17.0 Å². The molecule has 0 radical (unpaired) electrons. The van der Waals surface area contributed by atoms with Gasteiger partial charge in [-0.1, -0.05) is 90.1 Å². The summed E-state index contributed by atoms with van der Waals surface area (Å²) in [5.74, 6) is 0.988. The van der Waals surface area contributed by atoms with Gasteiger partial charge in [0.1, 0.15) is 0 Å². The maximum atomic E-state index is 13.5. The second-order valence-corrected chi connectivity index (χ2v) is 13.5. The van der Waals surface area contributed by atoms with Crippen molar-refractivity contribution in [3.8, 4) is 0 Å². The summed E-state index contributed by atoms with van der Waals surface area (Å²) in [6.07, 6.45) is 3.68. The Morgan fingerprint density at radius 2 is 1.20 bits per heavy atom. The third-order valence-corrected chi connectivity index (χ3v) is 11.2. The van der Waals surface area contributed by atoms with Crippen molar-refractivity contribution < 1.29 is 9.59 Å². The molecule has 2 atom stereocenters. The topological polar surface area (TPSA) is 51.2 Å². The van der Waals surface area contributed by atoms with Crippen molar-refractivity contribution in [2.75, 3.05) is 0 Å². The highest BCUT2D eigenvalue weighted by Crippen LogP contribution is 2.60. The quantitative estimate of drug-likeness (QED) is 0.232. The second kappa shape index (κ2) is 11.1. The van der Waals surface area contributed by atoms with Gasteiger partial charge < -0.3 is 0 Å². The van der Waals surface area contributed by atoms with Crippen LogP contribution in [0.3, 0.4) is 0 Å². The van der Waals surface area contributed by atoms with E-state index in [1.165, 1.54) is 0 Å². The lowest BCUT2D eigenvalue weighted by Crippen LogP contribution is -2.48. The van der Waals surface area contributed by atoms with E-state index in [0.717, 1.165) is 57.0 Å². The Morgan fingerprint density at radius 3 is 1.68 bits per heavy atom. The summed E-state index contributed by atoms with van der Waals surface area (Å²) < 4.78 is 2.11. The van der Waals surface area contributed by atoms with E-state index in [9.17, 15) is 14.4 Å². The SMILES string of the molecule is CCC1(C(C)C)CC2=C(C(=O)c3ccccc3C2=O)C(CC)(C(C)C)C1.O=c1c2ccccc2sc2ccccc12. The van der Waals surface area contributed by atoms with Crippen molar-refractivity contribution in [2.45, 2.75) is 67.2 Å². The molecule has 0 aliphatic heterocycles. The summed E-state index contributed by atoms with van der Waals surface area (Å²) in [5, 5.41) is 1.64. The Kier molecular flexibility index (Phi) is 7.91. The minimum absolute atomic E-state index is 0.0847. The minimum Gasteiger partial charge on any atom is -0.289 e. The molecule has 0 amide bonds. The van der Waals surface area contributed by atoms with Crippen molar-refractivity contribution in [1.82, 2.24) is 0 Å². The number of allylic oxidation sites excluding steroid dienone is 2. The van der Waals surface area contributed by atoms with Gasteiger partial charge in [-0.3, -0.25) is 14.4 Å². The fraction of sp³-hybridized carbons (Fsp3) is 0.378. The van der Waals surface area contributed by atoms with Gasteiger partial charge in [-0.2, -0.15) is 0 Å². The van der Waals surface area contributed by atoms with Crippen LogP contribution < -0.4 is 5.43 Å². The highest BCUT2D eigenvalue weighted by Gasteiger charge is 2.54. The molecule has 4 heteroatoms. The van der Waals surface area contributed by atoms with Crippen LogP contribution in [-0.4, -0.2) is 11.6 Å². The zero-order valence-electron chi connectivity index (χ0n) is 25.0. The van der Waals surface area contributed by atoms with Crippen LogP contribution in [0.15, 0.2) is 88.7 Å². The molecule has 3 nitrogen and oxygen atoms in total. The summed E-state index contributed by atoms with van der Waals surface area (Å²) in [7, 11) is 0. The van der Waals surface area contributed by atoms with Crippen LogP contribution in [0.25, 0.3) is 20.2 Å². The minimum atomic E-state index is -0.214. The van der Waals surface area contributed by atoms with Crippen molar-refractivity contribution in [2.24, 2.45) is 22.7 Å². The van der Waals surface area contributed by atoms with E-state index in [0.29, 0.717) is 23.0 Å². The number of benzene rings is 3. The first-order valence-electron chi connectivity index (χ1n) is 14.9. The smallest absolute Gasteiger partial charge is 0.195 e. The Morgan fingerprint density at radius 1 is 0.683 bits per heavy atom. The predicted octanol–water partition coefficient (Wildman–Crippen LogP) is 9.68.